The molecule has 9 nitrogen and oxygen atoms in total. The van der Waals surface area contributed by atoms with E-state index in [1.807, 2.05) is 0 Å². The SMILES string of the molecule is CCCCCCCCCCCC(=O)O.NCCS(=O)O.OCCN(CCO)CCO. The number of hydrogen-bond acceptors (Lipinski definition) is 7. The fourth-order valence-electron chi connectivity index (χ4n) is 2.45. The number of aliphatic hydroxyl groups is 3. The van der Waals surface area contributed by atoms with Crippen molar-refractivity contribution in [1.29, 1.82) is 0 Å². The quantitative estimate of drug-likeness (QED) is 0.132. The molecule has 0 heterocycles. The van der Waals surface area contributed by atoms with Crippen molar-refractivity contribution in [2.75, 3.05) is 51.8 Å². The number of carboxylic acid groups (broad SMARTS) is 1. The Morgan fingerprint density at radius 1 is 0.833 bits per heavy atom. The van der Waals surface area contributed by atoms with Gasteiger partial charge in [0.25, 0.3) is 0 Å². The van der Waals surface area contributed by atoms with E-state index in [2.05, 4.69) is 6.92 Å². The van der Waals surface area contributed by atoms with E-state index in [9.17, 15) is 9.00 Å². The van der Waals surface area contributed by atoms with Crippen molar-refractivity contribution in [3.05, 3.63) is 0 Å². The summed E-state index contributed by atoms with van der Waals surface area (Å²) < 4.78 is 17.6. The second kappa shape index (κ2) is 30.6. The number of carboxylic acids is 1. The van der Waals surface area contributed by atoms with Gasteiger partial charge in [0.05, 0.1) is 25.6 Å². The predicted molar refractivity (Wildman–Crippen MR) is 122 cm³/mol. The number of hydrogen-bond donors (Lipinski definition) is 6. The van der Waals surface area contributed by atoms with Gasteiger partial charge in [-0.05, 0) is 6.42 Å². The number of rotatable bonds is 18. The Bertz CT molecular complexity index is 350. The Hall–Kier alpha value is -0.620. The summed E-state index contributed by atoms with van der Waals surface area (Å²) in [5.74, 6) is -0.479. The number of unbranched alkanes of at least 4 members (excludes halogenated alkanes) is 8. The third-order valence-corrected chi connectivity index (χ3v) is 4.62. The summed E-state index contributed by atoms with van der Waals surface area (Å²) in [6.45, 7) is 4.26. The van der Waals surface area contributed by atoms with Gasteiger partial charge in [0.2, 0.25) is 0 Å². The van der Waals surface area contributed by atoms with Gasteiger partial charge in [-0.2, -0.15) is 0 Å². The zero-order valence-corrected chi connectivity index (χ0v) is 19.5. The second-order valence-electron chi connectivity index (χ2n) is 6.80. The number of carbonyl (C=O) groups is 1. The van der Waals surface area contributed by atoms with Crippen LogP contribution in [0.4, 0.5) is 0 Å². The number of nitrogens with two attached hydrogens (primary N) is 1. The normalized spacial score (nSPS) is 11.3. The molecule has 0 rings (SSSR count). The van der Waals surface area contributed by atoms with Crippen LogP contribution in [0.2, 0.25) is 0 Å². The molecule has 0 fully saturated rings. The lowest BCUT2D eigenvalue weighted by atomic mass is 10.1. The molecule has 0 aliphatic heterocycles. The third kappa shape index (κ3) is 38.0. The molecule has 1 atom stereocenters. The van der Waals surface area contributed by atoms with Crippen LogP contribution in [0.1, 0.15) is 71.1 Å². The van der Waals surface area contributed by atoms with E-state index in [4.69, 9.17) is 30.7 Å². The highest BCUT2D eigenvalue weighted by Gasteiger charge is 2.00. The van der Waals surface area contributed by atoms with Gasteiger partial charge in [-0.1, -0.05) is 58.3 Å². The maximum Gasteiger partial charge on any atom is 0.303 e. The van der Waals surface area contributed by atoms with Crippen molar-refractivity contribution < 1.29 is 34.0 Å². The molecule has 0 saturated heterocycles. The van der Waals surface area contributed by atoms with Crippen molar-refractivity contribution in [3.63, 3.8) is 0 Å². The van der Waals surface area contributed by atoms with Crippen LogP contribution in [-0.4, -0.2) is 91.8 Å². The average Bonchev–Trinajstić information content (AvgIpc) is 2.68. The molecule has 0 bridgehead atoms. The molecule has 0 radical (unpaired) electrons. The van der Waals surface area contributed by atoms with Gasteiger partial charge in [-0.15, -0.1) is 0 Å². The summed E-state index contributed by atoms with van der Waals surface area (Å²) in [5.41, 5.74) is 4.88. The van der Waals surface area contributed by atoms with Crippen molar-refractivity contribution in [3.8, 4) is 0 Å². The van der Waals surface area contributed by atoms with Gasteiger partial charge in [0.15, 0.2) is 11.1 Å². The van der Waals surface area contributed by atoms with Crippen molar-refractivity contribution in [2.24, 2.45) is 5.73 Å². The smallest absolute Gasteiger partial charge is 0.303 e. The molecule has 0 aliphatic rings. The van der Waals surface area contributed by atoms with Crippen LogP contribution in [-0.2, 0) is 15.9 Å². The Balaban J connectivity index is -0.000000397. The largest absolute Gasteiger partial charge is 0.481 e. The Labute approximate surface area is 185 Å². The Morgan fingerprint density at radius 3 is 1.50 bits per heavy atom. The first-order chi connectivity index (χ1) is 14.4. The Morgan fingerprint density at radius 2 is 1.23 bits per heavy atom. The van der Waals surface area contributed by atoms with Crippen molar-refractivity contribution in [1.82, 2.24) is 4.90 Å². The lowest BCUT2D eigenvalue weighted by Crippen LogP contribution is -2.32. The average molecular weight is 459 g/mol. The molecule has 0 amide bonds. The molecule has 0 aliphatic carbocycles. The van der Waals surface area contributed by atoms with Crippen molar-refractivity contribution >= 4 is 17.0 Å². The summed E-state index contributed by atoms with van der Waals surface area (Å²) in [6, 6.07) is 0. The molecule has 0 saturated carbocycles. The van der Waals surface area contributed by atoms with Crippen LogP contribution in [0, 0.1) is 0 Å². The summed E-state index contributed by atoms with van der Waals surface area (Å²) in [7, 11) is 0. The highest BCUT2D eigenvalue weighted by Crippen LogP contribution is 2.10. The van der Waals surface area contributed by atoms with Crippen LogP contribution in [0.25, 0.3) is 0 Å². The summed E-state index contributed by atoms with van der Waals surface area (Å²) in [4.78, 5) is 12.0. The van der Waals surface area contributed by atoms with E-state index >= 15 is 0 Å². The second-order valence-corrected chi connectivity index (χ2v) is 7.85. The zero-order chi connectivity index (χ0) is 23.5. The minimum Gasteiger partial charge on any atom is -0.481 e. The van der Waals surface area contributed by atoms with Gasteiger partial charge in [-0.3, -0.25) is 9.69 Å². The van der Waals surface area contributed by atoms with Crippen LogP contribution in [0.15, 0.2) is 0 Å². The Kier molecular flexibility index (Phi) is 34.7. The van der Waals surface area contributed by atoms with Gasteiger partial charge in [0.1, 0.15) is 0 Å². The fourth-order valence-corrected chi connectivity index (χ4v) is 2.65. The third-order valence-electron chi connectivity index (χ3n) is 4.04. The van der Waals surface area contributed by atoms with Crippen molar-refractivity contribution in [2.45, 2.75) is 71.1 Å². The van der Waals surface area contributed by atoms with Gasteiger partial charge in [0, 0.05) is 32.6 Å². The maximum atomic E-state index is 10.2. The molecule has 0 spiro atoms. The lowest BCUT2D eigenvalue weighted by molar-refractivity contribution is -0.137. The van der Waals surface area contributed by atoms with E-state index in [1.54, 1.807) is 4.90 Å². The van der Waals surface area contributed by atoms with Gasteiger partial charge >= 0.3 is 5.97 Å². The summed E-state index contributed by atoms with van der Waals surface area (Å²) in [6.07, 6.45) is 11.5. The first-order valence-electron chi connectivity index (χ1n) is 10.9. The van der Waals surface area contributed by atoms with E-state index in [0.29, 0.717) is 26.1 Å². The monoisotopic (exact) mass is 458 g/mol. The molecule has 30 heavy (non-hydrogen) atoms. The van der Waals surface area contributed by atoms with Gasteiger partial charge < -0.3 is 30.7 Å². The first-order valence-corrected chi connectivity index (χ1v) is 12.2. The van der Waals surface area contributed by atoms with E-state index in [0.717, 1.165) is 12.8 Å². The molecule has 1 unspecified atom stereocenters. The van der Waals surface area contributed by atoms with E-state index in [-0.39, 0.29) is 32.1 Å². The number of aliphatic hydroxyl groups excluding tert-OH is 3. The molecule has 7 N–H and O–H groups in total. The summed E-state index contributed by atoms with van der Waals surface area (Å²) in [5, 5.41) is 33.9. The van der Waals surface area contributed by atoms with Crippen LogP contribution >= 0.6 is 0 Å². The minimum absolute atomic E-state index is 0.0694. The van der Waals surface area contributed by atoms with Crippen LogP contribution < -0.4 is 5.73 Å². The first kappa shape index (κ1) is 34.0. The van der Waals surface area contributed by atoms with E-state index in [1.165, 1.54) is 44.9 Å². The standard InChI is InChI=1S/C12H24O2.C6H15NO3.C2H7NO2S/c1-2-3-4-5-6-7-8-9-10-11-12(13)14;8-4-1-7(2-5-9)3-6-10;3-1-2-6(4)5/h2-11H2,1H3,(H,13,14);8-10H,1-6H2;1-3H2,(H,4,5). The van der Waals surface area contributed by atoms with Crippen LogP contribution in [0.3, 0.4) is 0 Å². The number of nitrogens with zero attached hydrogens (tertiary/aromatic N) is 1. The molecule has 0 aromatic heterocycles. The predicted octanol–water partition coefficient (Wildman–Crippen LogP) is 1.42. The van der Waals surface area contributed by atoms with Gasteiger partial charge in [-0.25, -0.2) is 4.21 Å². The minimum atomic E-state index is -1.69. The number of aliphatic carboxylic acids is 1. The molecular formula is C20H46N2O7S. The van der Waals surface area contributed by atoms with E-state index < -0.39 is 17.0 Å². The van der Waals surface area contributed by atoms with Crippen LogP contribution in [0.5, 0.6) is 0 Å². The maximum absolute atomic E-state index is 10.2. The highest BCUT2D eigenvalue weighted by atomic mass is 32.2. The molecule has 0 aromatic rings. The lowest BCUT2D eigenvalue weighted by Gasteiger charge is -2.17. The summed E-state index contributed by atoms with van der Waals surface area (Å²) >= 11 is -1.69. The highest BCUT2D eigenvalue weighted by molar-refractivity contribution is 7.79. The molecule has 10 heteroatoms. The zero-order valence-electron chi connectivity index (χ0n) is 18.7. The fraction of sp³-hybridized carbons (Fsp3) is 0.950. The molecular weight excluding hydrogens is 412 g/mol. The molecule has 0 aromatic carbocycles. The molecule has 184 valence electrons. The topological polar surface area (TPSA) is 165 Å².